The molecule has 1 aromatic heterocycles. The lowest BCUT2D eigenvalue weighted by atomic mass is 9.92. The van der Waals surface area contributed by atoms with E-state index < -0.39 is 5.41 Å². The fourth-order valence-electron chi connectivity index (χ4n) is 0.979. The van der Waals surface area contributed by atoms with Gasteiger partial charge in [0.25, 0.3) is 0 Å². The van der Waals surface area contributed by atoms with Crippen LogP contribution in [-0.2, 0) is 4.79 Å². The van der Waals surface area contributed by atoms with Crippen LogP contribution in [-0.4, -0.2) is 17.4 Å². The first-order chi connectivity index (χ1) is 6.97. The summed E-state index contributed by atoms with van der Waals surface area (Å²) in [5.74, 6) is -0.0823. The molecule has 1 heterocycles. The van der Waals surface area contributed by atoms with Crippen LogP contribution in [0.4, 0.5) is 5.69 Å². The highest BCUT2D eigenvalue weighted by Crippen LogP contribution is 2.18. The molecular formula is C11H17N3O. The first kappa shape index (κ1) is 11.7. The van der Waals surface area contributed by atoms with Crippen LogP contribution in [0.15, 0.2) is 18.5 Å². The topological polar surface area (TPSA) is 68.0 Å². The molecule has 3 N–H and O–H groups in total. The number of hydrogen-bond acceptors (Lipinski definition) is 3. The van der Waals surface area contributed by atoms with Gasteiger partial charge in [-0.05, 0) is 32.4 Å². The first-order valence-corrected chi connectivity index (χ1v) is 4.89. The molecule has 0 aromatic carbocycles. The average molecular weight is 207 g/mol. The first-order valence-electron chi connectivity index (χ1n) is 4.89. The molecule has 4 heteroatoms. The van der Waals surface area contributed by atoms with E-state index in [1.54, 1.807) is 12.4 Å². The molecule has 0 fully saturated rings. The van der Waals surface area contributed by atoms with Gasteiger partial charge < -0.3 is 11.1 Å². The molecule has 0 radical (unpaired) electrons. The Morgan fingerprint density at radius 1 is 1.60 bits per heavy atom. The summed E-state index contributed by atoms with van der Waals surface area (Å²) in [6, 6.07) is 1.85. The number of nitrogens with zero attached hydrogens (tertiary/aromatic N) is 1. The number of carbonyl (C=O) groups is 1. The predicted molar refractivity (Wildman–Crippen MR) is 60.4 cm³/mol. The molecule has 4 nitrogen and oxygen atoms in total. The van der Waals surface area contributed by atoms with Crippen LogP contribution in [0.3, 0.4) is 0 Å². The van der Waals surface area contributed by atoms with E-state index in [0.29, 0.717) is 6.54 Å². The standard InChI is InChI=1S/C11H17N3O/c1-8-4-5-13-6-9(8)14-10(15)11(2,3)7-12/h4-6H,7,12H2,1-3H3,(H,14,15). The summed E-state index contributed by atoms with van der Waals surface area (Å²) in [5, 5.41) is 2.82. The van der Waals surface area contributed by atoms with Crippen LogP contribution in [0, 0.1) is 12.3 Å². The van der Waals surface area contributed by atoms with Gasteiger partial charge in [-0.3, -0.25) is 9.78 Å². The molecule has 0 unspecified atom stereocenters. The summed E-state index contributed by atoms with van der Waals surface area (Å²) >= 11 is 0. The van der Waals surface area contributed by atoms with E-state index >= 15 is 0 Å². The van der Waals surface area contributed by atoms with E-state index in [1.807, 2.05) is 26.8 Å². The maximum absolute atomic E-state index is 11.8. The molecule has 1 aromatic rings. The Bertz CT molecular complexity index is 361. The summed E-state index contributed by atoms with van der Waals surface area (Å²) in [6.45, 7) is 5.87. The van der Waals surface area contributed by atoms with Crippen molar-refractivity contribution in [3.63, 3.8) is 0 Å². The molecule has 0 aliphatic carbocycles. The zero-order valence-corrected chi connectivity index (χ0v) is 9.37. The maximum Gasteiger partial charge on any atom is 0.231 e. The monoisotopic (exact) mass is 207 g/mol. The number of hydrogen-bond donors (Lipinski definition) is 2. The molecule has 0 aliphatic rings. The highest BCUT2D eigenvalue weighted by atomic mass is 16.2. The normalized spacial score (nSPS) is 11.2. The lowest BCUT2D eigenvalue weighted by Gasteiger charge is -2.21. The van der Waals surface area contributed by atoms with Gasteiger partial charge in [0.05, 0.1) is 17.3 Å². The minimum atomic E-state index is -0.553. The lowest BCUT2D eigenvalue weighted by molar-refractivity contribution is -0.123. The van der Waals surface area contributed by atoms with Crippen molar-refractivity contribution >= 4 is 11.6 Å². The number of rotatable bonds is 3. The summed E-state index contributed by atoms with van der Waals surface area (Å²) < 4.78 is 0. The largest absolute Gasteiger partial charge is 0.329 e. The number of nitrogens with two attached hydrogens (primary N) is 1. The molecule has 0 spiro atoms. The zero-order chi connectivity index (χ0) is 11.5. The van der Waals surface area contributed by atoms with Crippen LogP contribution in [0.5, 0.6) is 0 Å². The fraction of sp³-hybridized carbons (Fsp3) is 0.455. The Morgan fingerprint density at radius 3 is 2.80 bits per heavy atom. The van der Waals surface area contributed by atoms with Gasteiger partial charge in [-0.2, -0.15) is 0 Å². The number of aryl methyl sites for hydroxylation is 1. The summed E-state index contributed by atoms with van der Waals surface area (Å²) in [7, 11) is 0. The van der Waals surface area contributed by atoms with Gasteiger partial charge in [0.15, 0.2) is 0 Å². The van der Waals surface area contributed by atoms with Crippen molar-refractivity contribution in [2.45, 2.75) is 20.8 Å². The Kier molecular flexibility index (Phi) is 3.42. The van der Waals surface area contributed by atoms with Crippen molar-refractivity contribution in [2.24, 2.45) is 11.1 Å². The van der Waals surface area contributed by atoms with Crippen LogP contribution in [0.25, 0.3) is 0 Å². The van der Waals surface area contributed by atoms with Crippen molar-refractivity contribution in [3.8, 4) is 0 Å². The van der Waals surface area contributed by atoms with Gasteiger partial charge in [0.2, 0.25) is 5.91 Å². The number of aromatic nitrogens is 1. The number of nitrogens with one attached hydrogen (secondary N) is 1. The number of anilines is 1. The van der Waals surface area contributed by atoms with E-state index in [2.05, 4.69) is 10.3 Å². The minimum Gasteiger partial charge on any atom is -0.329 e. The van der Waals surface area contributed by atoms with E-state index in [-0.39, 0.29) is 5.91 Å². The second-order valence-electron chi connectivity index (χ2n) is 4.23. The van der Waals surface area contributed by atoms with Crippen molar-refractivity contribution < 1.29 is 4.79 Å². The van der Waals surface area contributed by atoms with Gasteiger partial charge >= 0.3 is 0 Å². The Morgan fingerprint density at radius 2 is 2.27 bits per heavy atom. The van der Waals surface area contributed by atoms with Crippen LogP contribution in [0.2, 0.25) is 0 Å². The number of pyridine rings is 1. The molecule has 0 saturated heterocycles. The third-order valence-corrected chi connectivity index (χ3v) is 2.41. The van der Waals surface area contributed by atoms with E-state index in [1.165, 1.54) is 0 Å². The number of carbonyl (C=O) groups excluding carboxylic acids is 1. The molecule has 0 atom stereocenters. The number of amides is 1. The van der Waals surface area contributed by atoms with Gasteiger partial charge in [-0.25, -0.2) is 0 Å². The Balaban J connectivity index is 2.80. The Labute approximate surface area is 89.9 Å². The second-order valence-corrected chi connectivity index (χ2v) is 4.23. The molecule has 1 amide bonds. The molecule has 0 saturated carbocycles. The minimum absolute atomic E-state index is 0.0823. The molecule has 82 valence electrons. The van der Waals surface area contributed by atoms with Crippen molar-refractivity contribution in [1.29, 1.82) is 0 Å². The van der Waals surface area contributed by atoms with Gasteiger partial charge in [-0.15, -0.1) is 0 Å². The quantitative estimate of drug-likeness (QED) is 0.785. The fourth-order valence-corrected chi connectivity index (χ4v) is 0.979. The summed E-state index contributed by atoms with van der Waals surface area (Å²) in [5.41, 5.74) is 6.70. The van der Waals surface area contributed by atoms with Crippen LogP contribution >= 0.6 is 0 Å². The molecule has 0 bridgehead atoms. The third kappa shape index (κ3) is 2.76. The van der Waals surface area contributed by atoms with Crippen molar-refractivity contribution in [1.82, 2.24) is 4.98 Å². The highest BCUT2D eigenvalue weighted by molar-refractivity contribution is 5.95. The van der Waals surface area contributed by atoms with Gasteiger partial charge in [0, 0.05) is 12.7 Å². The smallest absolute Gasteiger partial charge is 0.231 e. The molecule has 1 rings (SSSR count). The average Bonchev–Trinajstić information content (AvgIpc) is 2.21. The second kappa shape index (κ2) is 4.40. The Hall–Kier alpha value is -1.42. The van der Waals surface area contributed by atoms with Crippen molar-refractivity contribution in [2.75, 3.05) is 11.9 Å². The van der Waals surface area contributed by atoms with Gasteiger partial charge in [0.1, 0.15) is 0 Å². The third-order valence-electron chi connectivity index (χ3n) is 2.41. The van der Waals surface area contributed by atoms with Crippen LogP contribution < -0.4 is 11.1 Å². The zero-order valence-electron chi connectivity index (χ0n) is 9.37. The molecule has 15 heavy (non-hydrogen) atoms. The highest BCUT2D eigenvalue weighted by Gasteiger charge is 2.25. The van der Waals surface area contributed by atoms with E-state index in [0.717, 1.165) is 11.3 Å². The predicted octanol–water partition coefficient (Wildman–Crippen LogP) is 1.31. The van der Waals surface area contributed by atoms with Gasteiger partial charge in [-0.1, -0.05) is 0 Å². The van der Waals surface area contributed by atoms with Crippen LogP contribution in [0.1, 0.15) is 19.4 Å². The SMILES string of the molecule is Cc1ccncc1NC(=O)C(C)(C)CN. The maximum atomic E-state index is 11.8. The van der Waals surface area contributed by atoms with E-state index in [9.17, 15) is 4.79 Å². The van der Waals surface area contributed by atoms with Crippen molar-refractivity contribution in [3.05, 3.63) is 24.0 Å². The summed E-state index contributed by atoms with van der Waals surface area (Å²) in [6.07, 6.45) is 3.33. The molecule has 0 aliphatic heterocycles. The van der Waals surface area contributed by atoms with E-state index in [4.69, 9.17) is 5.73 Å². The summed E-state index contributed by atoms with van der Waals surface area (Å²) in [4.78, 5) is 15.8. The molecular weight excluding hydrogens is 190 g/mol. The lowest BCUT2D eigenvalue weighted by Crippen LogP contribution is -2.37.